The smallest absolute Gasteiger partial charge is 0.410 e. The van der Waals surface area contributed by atoms with Gasteiger partial charge in [-0.15, -0.1) is 0 Å². The molecule has 1 amide bonds. The van der Waals surface area contributed by atoms with Gasteiger partial charge in [-0.05, 0) is 42.7 Å². The van der Waals surface area contributed by atoms with Gasteiger partial charge in [-0.2, -0.15) is 0 Å². The molecule has 144 valence electrons. The van der Waals surface area contributed by atoms with Crippen molar-refractivity contribution < 1.29 is 23.4 Å². The van der Waals surface area contributed by atoms with Gasteiger partial charge in [-0.25, -0.2) is 13.6 Å². The van der Waals surface area contributed by atoms with Crippen LogP contribution in [0.15, 0.2) is 42.5 Å². The van der Waals surface area contributed by atoms with Gasteiger partial charge in [0.2, 0.25) is 0 Å². The first-order chi connectivity index (χ1) is 12.9. The second kappa shape index (κ2) is 8.23. The first-order valence-corrected chi connectivity index (χ1v) is 9.11. The molecule has 3 rings (SSSR count). The molecular formula is C20H20ClF2NO3. The third kappa shape index (κ3) is 4.22. The van der Waals surface area contributed by atoms with Crippen molar-refractivity contribution in [2.45, 2.75) is 31.4 Å². The van der Waals surface area contributed by atoms with E-state index in [2.05, 4.69) is 0 Å². The van der Waals surface area contributed by atoms with Gasteiger partial charge in [0.05, 0.1) is 6.54 Å². The number of amides is 1. The van der Waals surface area contributed by atoms with Crippen LogP contribution in [0.25, 0.3) is 0 Å². The number of cyclic esters (lactones) is 1. The number of carbonyl (C=O) groups is 1. The normalized spacial score (nSPS) is 19.9. The number of carbonyl (C=O) groups excluding carboxylic acids is 1. The van der Waals surface area contributed by atoms with E-state index in [1.54, 1.807) is 18.2 Å². The molecule has 0 radical (unpaired) electrons. The summed E-state index contributed by atoms with van der Waals surface area (Å²) < 4.78 is 33.1. The summed E-state index contributed by atoms with van der Waals surface area (Å²) in [6.07, 6.45) is 0.693. The largest absolute Gasteiger partial charge is 0.438 e. The quantitative estimate of drug-likeness (QED) is 0.775. The SMILES string of the molecule is O=C1OC(CCCO)(c2ccc(F)cc2)CCN1Cc1c(F)cccc1Cl. The highest BCUT2D eigenvalue weighted by molar-refractivity contribution is 6.31. The monoisotopic (exact) mass is 395 g/mol. The van der Waals surface area contributed by atoms with Gasteiger partial charge in [-0.3, -0.25) is 0 Å². The van der Waals surface area contributed by atoms with Gasteiger partial charge >= 0.3 is 6.09 Å². The summed E-state index contributed by atoms with van der Waals surface area (Å²) in [5.41, 5.74) is -0.0294. The average Bonchev–Trinajstić information content (AvgIpc) is 2.65. The van der Waals surface area contributed by atoms with Gasteiger partial charge in [0.1, 0.15) is 17.2 Å². The first kappa shape index (κ1) is 19.6. The van der Waals surface area contributed by atoms with Gasteiger partial charge < -0.3 is 14.7 Å². The summed E-state index contributed by atoms with van der Waals surface area (Å²) >= 11 is 6.05. The number of rotatable bonds is 6. The molecule has 1 fully saturated rings. The Hall–Kier alpha value is -2.18. The summed E-state index contributed by atoms with van der Waals surface area (Å²) in [6, 6.07) is 10.2. The van der Waals surface area contributed by atoms with Crippen LogP contribution in [0.2, 0.25) is 5.02 Å². The molecule has 0 spiro atoms. The maximum Gasteiger partial charge on any atom is 0.410 e. The van der Waals surface area contributed by atoms with E-state index < -0.39 is 17.5 Å². The fourth-order valence-corrected chi connectivity index (χ4v) is 3.57. The maximum atomic E-state index is 14.0. The highest BCUT2D eigenvalue weighted by Gasteiger charge is 2.42. The predicted molar refractivity (Wildman–Crippen MR) is 97.3 cm³/mol. The second-order valence-electron chi connectivity index (χ2n) is 6.57. The lowest BCUT2D eigenvalue weighted by atomic mass is 9.84. The van der Waals surface area contributed by atoms with Gasteiger partial charge in [0.25, 0.3) is 0 Å². The third-order valence-electron chi connectivity index (χ3n) is 4.85. The van der Waals surface area contributed by atoms with Crippen molar-refractivity contribution in [3.63, 3.8) is 0 Å². The van der Waals surface area contributed by atoms with Crippen LogP contribution in [-0.2, 0) is 16.9 Å². The van der Waals surface area contributed by atoms with Crippen LogP contribution in [0.3, 0.4) is 0 Å². The van der Waals surface area contributed by atoms with E-state index in [1.807, 2.05) is 0 Å². The summed E-state index contributed by atoms with van der Waals surface area (Å²) in [4.78, 5) is 14.0. The van der Waals surface area contributed by atoms with Crippen molar-refractivity contribution in [3.05, 3.63) is 70.2 Å². The van der Waals surface area contributed by atoms with Crippen molar-refractivity contribution in [1.82, 2.24) is 4.90 Å². The minimum atomic E-state index is -0.941. The molecule has 7 heteroatoms. The van der Waals surface area contributed by atoms with Crippen molar-refractivity contribution >= 4 is 17.7 Å². The third-order valence-corrected chi connectivity index (χ3v) is 5.20. The zero-order chi connectivity index (χ0) is 19.4. The van der Waals surface area contributed by atoms with E-state index >= 15 is 0 Å². The number of nitrogens with zero attached hydrogens (tertiary/aromatic N) is 1. The molecule has 1 aliphatic rings. The summed E-state index contributed by atoms with van der Waals surface area (Å²) in [6.45, 7) is 0.283. The van der Waals surface area contributed by atoms with Crippen LogP contribution in [0, 0.1) is 11.6 Å². The van der Waals surface area contributed by atoms with Gasteiger partial charge in [-0.1, -0.05) is 29.8 Å². The van der Waals surface area contributed by atoms with Crippen LogP contribution >= 0.6 is 11.6 Å². The number of hydrogen-bond donors (Lipinski definition) is 1. The molecule has 2 aromatic rings. The number of ether oxygens (including phenoxy) is 1. The molecule has 1 aliphatic heterocycles. The molecule has 1 atom stereocenters. The van der Waals surface area contributed by atoms with E-state index in [1.165, 1.54) is 29.2 Å². The number of benzene rings is 2. The Kier molecular flexibility index (Phi) is 5.97. The highest BCUT2D eigenvalue weighted by Crippen LogP contribution is 2.39. The number of halogens is 3. The van der Waals surface area contributed by atoms with Crippen molar-refractivity contribution in [1.29, 1.82) is 0 Å². The highest BCUT2D eigenvalue weighted by atomic mass is 35.5. The number of hydrogen-bond acceptors (Lipinski definition) is 3. The molecule has 4 nitrogen and oxygen atoms in total. The van der Waals surface area contributed by atoms with E-state index in [0.29, 0.717) is 31.4 Å². The number of aliphatic hydroxyl groups excluding tert-OH is 1. The fourth-order valence-electron chi connectivity index (χ4n) is 3.35. The Bertz CT molecular complexity index is 795. The summed E-state index contributed by atoms with van der Waals surface area (Å²) in [5.74, 6) is -0.861. The Morgan fingerprint density at radius 3 is 2.56 bits per heavy atom. The molecule has 2 aromatic carbocycles. The van der Waals surface area contributed by atoms with E-state index in [4.69, 9.17) is 16.3 Å². The minimum absolute atomic E-state index is 0.00381. The topological polar surface area (TPSA) is 49.8 Å². The van der Waals surface area contributed by atoms with Gasteiger partial charge in [0.15, 0.2) is 0 Å². The molecule has 27 heavy (non-hydrogen) atoms. The Labute approximate surface area is 161 Å². The number of aliphatic hydroxyl groups is 1. The van der Waals surface area contributed by atoms with E-state index in [0.717, 1.165) is 0 Å². The minimum Gasteiger partial charge on any atom is -0.438 e. The van der Waals surface area contributed by atoms with Crippen LogP contribution in [0.4, 0.5) is 13.6 Å². The molecule has 0 bridgehead atoms. The Balaban J connectivity index is 1.81. The molecule has 1 saturated heterocycles. The standard InChI is InChI=1S/C20H20ClF2NO3/c21-17-3-1-4-18(23)16(17)13-24-11-10-20(9-2-12-25,27-19(24)26)14-5-7-15(22)8-6-14/h1,3-8,25H,2,9-13H2. The first-order valence-electron chi connectivity index (χ1n) is 8.73. The van der Waals surface area contributed by atoms with Crippen molar-refractivity contribution in [2.24, 2.45) is 0 Å². The average molecular weight is 396 g/mol. The zero-order valence-electron chi connectivity index (χ0n) is 14.6. The molecule has 0 aromatic heterocycles. The summed E-state index contributed by atoms with van der Waals surface area (Å²) in [5, 5.41) is 9.46. The lowest BCUT2D eigenvalue weighted by Crippen LogP contribution is -2.47. The van der Waals surface area contributed by atoms with Gasteiger partial charge in [0, 0.05) is 30.2 Å². The molecule has 1 heterocycles. The molecule has 1 unspecified atom stereocenters. The second-order valence-corrected chi connectivity index (χ2v) is 6.98. The lowest BCUT2D eigenvalue weighted by molar-refractivity contribution is -0.0626. The Morgan fingerprint density at radius 1 is 1.19 bits per heavy atom. The van der Waals surface area contributed by atoms with E-state index in [-0.39, 0.29) is 29.6 Å². The summed E-state index contributed by atoms with van der Waals surface area (Å²) in [7, 11) is 0. The predicted octanol–water partition coefficient (Wildman–Crippen LogP) is 4.63. The molecular weight excluding hydrogens is 376 g/mol. The van der Waals surface area contributed by atoms with Crippen molar-refractivity contribution in [3.8, 4) is 0 Å². The molecule has 0 saturated carbocycles. The lowest BCUT2D eigenvalue weighted by Gasteiger charge is -2.41. The Morgan fingerprint density at radius 2 is 1.93 bits per heavy atom. The molecule has 1 N–H and O–H groups in total. The van der Waals surface area contributed by atoms with E-state index in [9.17, 15) is 18.7 Å². The van der Waals surface area contributed by atoms with Crippen LogP contribution < -0.4 is 0 Å². The van der Waals surface area contributed by atoms with Crippen LogP contribution in [-0.4, -0.2) is 29.3 Å². The zero-order valence-corrected chi connectivity index (χ0v) is 15.4. The van der Waals surface area contributed by atoms with Crippen LogP contribution in [0.5, 0.6) is 0 Å². The van der Waals surface area contributed by atoms with Crippen molar-refractivity contribution in [2.75, 3.05) is 13.2 Å². The van der Waals surface area contributed by atoms with Crippen LogP contribution in [0.1, 0.15) is 30.4 Å². The molecule has 0 aliphatic carbocycles. The maximum absolute atomic E-state index is 14.0. The fraction of sp³-hybridized carbons (Fsp3) is 0.350.